The van der Waals surface area contributed by atoms with Gasteiger partial charge in [-0.3, -0.25) is 0 Å². The molecule has 17 heavy (non-hydrogen) atoms. The lowest BCUT2D eigenvalue weighted by Gasteiger charge is -2.00. The summed E-state index contributed by atoms with van der Waals surface area (Å²) in [6.07, 6.45) is 3.76. The molecule has 0 heterocycles. The van der Waals surface area contributed by atoms with Crippen LogP contribution in [0.4, 0.5) is 0 Å². The lowest BCUT2D eigenvalue weighted by Crippen LogP contribution is -1.76. The second-order valence-corrected chi connectivity index (χ2v) is 4.85. The predicted octanol–water partition coefficient (Wildman–Crippen LogP) is 4.98. The summed E-state index contributed by atoms with van der Waals surface area (Å²) in [7, 11) is 0. The van der Waals surface area contributed by atoms with Gasteiger partial charge in [-0.1, -0.05) is 57.9 Å². The SMILES string of the molecule is Oc1ccc(Cl)cc1/C=C/c1ccccc1Br. The Balaban J connectivity index is 2.32. The molecule has 0 aromatic heterocycles. The molecule has 0 saturated carbocycles. The van der Waals surface area contributed by atoms with Crippen molar-refractivity contribution in [1.29, 1.82) is 0 Å². The molecule has 3 heteroatoms. The molecule has 0 aliphatic rings. The second kappa shape index (κ2) is 5.39. The zero-order valence-electron chi connectivity index (χ0n) is 8.90. The van der Waals surface area contributed by atoms with Gasteiger partial charge < -0.3 is 5.11 Å². The second-order valence-electron chi connectivity index (χ2n) is 3.56. The molecule has 2 aromatic rings. The van der Waals surface area contributed by atoms with E-state index in [1.807, 2.05) is 36.4 Å². The molecule has 0 saturated heterocycles. The summed E-state index contributed by atoms with van der Waals surface area (Å²) < 4.78 is 1.01. The molecule has 2 rings (SSSR count). The van der Waals surface area contributed by atoms with E-state index in [2.05, 4.69) is 15.9 Å². The van der Waals surface area contributed by atoms with Gasteiger partial charge in [0.15, 0.2) is 0 Å². The molecule has 1 nitrogen and oxygen atoms in total. The van der Waals surface area contributed by atoms with Gasteiger partial charge in [0.05, 0.1) is 0 Å². The minimum atomic E-state index is 0.220. The quantitative estimate of drug-likeness (QED) is 0.776. The summed E-state index contributed by atoms with van der Waals surface area (Å²) in [5.74, 6) is 0.220. The Bertz CT molecular complexity index is 564. The minimum Gasteiger partial charge on any atom is -0.507 e. The Kier molecular flexibility index (Phi) is 3.87. The first-order valence-corrected chi connectivity index (χ1v) is 6.25. The third-order valence-electron chi connectivity index (χ3n) is 2.34. The maximum Gasteiger partial charge on any atom is 0.122 e. The Morgan fingerprint density at radius 1 is 1.00 bits per heavy atom. The van der Waals surface area contributed by atoms with Crippen molar-refractivity contribution >= 4 is 39.7 Å². The highest BCUT2D eigenvalue weighted by Crippen LogP contribution is 2.25. The molecule has 2 aromatic carbocycles. The van der Waals surface area contributed by atoms with E-state index in [1.165, 1.54) is 0 Å². The van der Waals surface area contributed by atoms with Crippen molar-refractivity contribution in [3.8, 4) is 5.75 Å². The van der Waals surface area contributed by atoms with Gasteiger partial charge >= 0.3 is 0 Å². The smallest absolute Gasteiger partial charge is 0.122 e. The number of benzene rings is 2. The number of hydrogen-bond acceptors (Lipinski definition) is 1. The summed E-state index contributed by atoms with van der Waals surface area (Å²) in [5, 5.41) is 10.3. The van der Waals surface area contributed by atoms with Crippen molar-refractivity contribution in [2.24, 2.45) is 0 Å². The van der Waals surface area contributed by atoms with E-state index in [9.17, 15) is 5.11 Å². The topological polar surface area (TPSA) is 20.2 Å². The zero-order valence-corrected chi connectivity index (χ0v) is 11.2. The van der Waals surface area contributed by atoms with Crippen LogP contribution in [0, 0.1) is 0 Å². The third-order valence-corrected chi connectivity index (χ3v) is 3.29. The Labute approximate surface area is 113 Å². The van der Waals surface area contributed by atoms with E-state index in [-0.39, 0.29) is 5.75 Å². The number of halogens is 2. The first kappa shape index (κ1) is 12.2. The Hall–Kier alpha value is -1.25. The van der Waals surface area contributed by atoms with E-state index in [0.717, 1.165) is 10.0 Å². The summed E-state index contributed by atoms with van der Waals surface area (Å²) in [6, 6.07) is 12.8. The molecule has 86 valence electrons. The number of phenolic OH excluding ortho intramolecular Hbond substituents is 1. The van der Waals surface area contributed by atoms with Gasteiger partial charge in [0.1, 0.15) is 5.75 Å². The molecule has 0 atom stereocenters. The Morgan fingerprint density at radius 2 is 1.71 bits per heavy atom. The first-order chi connectivity index (χ1) is 8.16. The Morgan fingerprint density at radius 3 is 2.47 bits per heavy atom. The van der Waals surface area contributed by atoms with Gasteiger partial charge in [-0.2, -0.15) is 0 Å². The summed E-state index contributed by atoms with van der Waals surface area (Å²) >= 11 is 9.34. The van der Waals surface area contributed by atoms with Crippen LogP contribution in [-0.2, 0) is 0 Å². The highest BCUT2D eigenvalue weighted by atomic mass is 79.9. The van der Waals surface area contributed by atoms with E-state index < -0.39 is 0 Å². The molecule has 0 amide bonds. The van der Waals surface area contributed by atoms with Gasteiger partial charge in [-0.05, 0) is 29.8 Å². The molecule has 0 fully saturated rings. The lowest BCUT2D eigenvalue weighted by molar-refractivity contribution is 0.474. The molecule has 0 bridgehead atoms. The van der Waals surface area contributed by atoms with Gasteiger partial charge in [0, 0.05) is 15.1 Å². The van der Waals surface area contributed by atoms with Crippen LogP contribution in [0.3, 0.4) is 0 Å². The summed E-state index contributed by atoms with van der Waals surface area (Å²) in [6.45, 7) is 0. The largest absolute Gasteiger partial charge is 0.507 e. The predicted molar refractivity (Wildman–Crippen MR) is 76.2 cm³/mol. The molecule has 0 spiro atoms. The van der Waals surface area contributed by atoms with Gasteiger partial charge in [-0.15, -0.1) is 0 Å². The lowest BCUT2D eigenvalue weighted by atomic mass is 10.1. The number of rotatable bonds is 2. The van der Waals surface area contributed by atoms with Crippen LogP contribution in [0.25, 0.3) is 12.2 Å². The average molecular weight is 310 g/mol. The number of hydrogen-bond donors (Lipinski definition) is 1. The van der Waals surface area contributed by atoms with Crippen molar-refractivity contribution in [2.45, 2.75) is 0 Å². The van der Waals surface area contributed by atoms with Crippen molar-refractivity contribution in [1.82, 2.24) is 0 Å². The van der Waals surface area contributed by atoms with Crippen molar-refractivity contribution < 1.29 is 5.11 Å². The van der Waals surface area contributed by atoms with Crippen molar-refractivity contribution in [2.75, 3.05) is 0 Å². The molecule has 0 aliphatic heterocycles. The van der Waals surface area contributed by atoms with Crippen LogP contribution in [-0.4, -0.2) is 5.11 Å². The zero-order chi connectivity index (χ0) is 12.3. The number of aromatic hydroxyl groups is 1. The fraction of sp³-hybridized carbons (Fsp3) is 0. The van der Waals surface area contributed by atoms with E-state index in [4.69, 9.17) is 11.6 Å². The summed E-state index contributed by atoms with van der Waals surface area (Å²) in [5.41, 5.74) is 1.75. The van der Waals surface area contributed by atoms with Crippen LogP contribution in [0.2, 0.25) is 5.02 Å². The third kappa shape index (κ3) is 3.11. The van der Waals surface area contributed by atoms with Crippen LogP contribution in [0.5, 0.6) is 5.75 Å². The fourth-order valence-electron chi connectivity index (χ4n) is 1.45. The minimum absolute atomic E-state index is 0.220. The highest BCUT2D eigenvalue weighted by molar-refractivity contribution is 9.10. The standard InChI is InChI=1S/C14H10BrClO/c15-13-4-2-1-3-10(13)5-6-11-9-12(16)7-8-14(11)17/h1-9,17H/b6-5+. The van der Waals surface area contributed by atoms with Crippen molar-refractivity contribution in [3.05, 3.63) is 63.1 Å². The van der Waals surface area contributed by atoms with E-state index in [1.54, 1.807) is 18.2 Å². The molecule has 0 unspecified atom stereocenters. The maximum atomic E-state index is 9.66. The highest BCUT2D eigenvalue weighted by Gasteiger charge is 1.99. The van der Waals surface area contributed by atoms with Gasteiger partial charge in [-0.25, -0.2) is 0 Å². The molecule has 0 aliphatic carbocycles. The average Bonchev–Trinajstić information content (AvgIpc) is 2.32. The monoisotopic (exact) mass is 308 g/mol. The first-order valence-electron chi connectivity index (χ1n) is 5.08. The number of phenols is 1. The fourth-order valence-corrected chi connectivity index (χ4v) is 2.05. The van der Waals surface area contributed by atoms with Crippen molar-refractivity contribution in [3.63, 3.8) is 0 Å². The van der Waals surface area contributed by atoms with E-state index >= 15 is 0 Å². The van der Waals surface area contributed by atoms with Crippen LogP contribution < -0.4 is 0 Å². The molecular weight excluding hydrogens is 300 g/mol. The van der Waals surface area contributed by atoms with E-state index in [0.29, 0.717) is 10.6 Å². The van der Waals surface area contributed by atoms with Crippen LogP contribution in [0.1, 0.15) is 11.1 Å². The van der Waals surface area contributed by atoms with Crippen LogP contribution in [0.15, 0.2) is 46.9 Å². The molecular formula is C14H10BrClO. The normalized spacial score (nSPS) is 10.9. The van der Waals surface area contributed by atoms with Gasteiger partial charge in [0.25, 0.3) is 0 Å². The summed E-state index contributed by atoms with van der Waals surface area (Å²) in [4.78, 5) is 0. The molecule has 0 radical (unpaired) electrons. The van der Waals surface area contributed by atoms with Crippen LogP contribution >= 0.6 is 27.5 Å². The maximum absolute atomic E-state index is 9.66. The van der Waals surface area contributed by atoms with Gasteiger partial charge in [0.2, 0.25) is 0 Å². The molecule has 1 N–H and O–H groups in total.